The van der Waals surface area contributed by atoms with E-state index in [0.29, 0.717) is 11.3 Å². The fourth-order valence-corrected chi connectivity index (χ4v) is 3.50. The van der Waals surface area contributed by atoms with Gasteiger partial charge in [0.1, 0.15) is 12.1 Å². The average molecular weight is 386 g/mol. The van der Waals surface area contributed by atoms with Crippen LogP contribution in [0.3, 0.4) is 0 Å². The van der Waals surface area contributed by atoms with E-state index < -0.39 is 11.8 Å². The van der Waals surface area contributed by atoms with E-state index in [0.717, 1.165) is 10.9 Å². The highest BCUT2D eigenvalue weighted by atomic mass is 32.1. The molecule has 2 aromatic carbocycles. The zero-order valence-electron chi connectivity index (χ0n) is 14.6. The number of thiocarbonyl (C=S) groups is 1. The SMILES string of the molecule is N#CCn1cc(/C=C2\C(=O)NC(=S)N(c3ccccc3)C2=O)c2ccccc21. The first-order chi connectivity index (χ1) is 13.6. The second kappa shape index (κ2) is 7.10. The van der Waals surface area contributed by atoms with Crippen LogP contribution in [0.1, 0.15) is 5.56 Å². The van der Waals surface area contributed by atoms with Crippen LogP contribution < -0.4 is 10.2 Å². The number of aromatic nitrogens is 1. The Balaban J connectivity index is 1.82. The van der Waals surface area contributed by atoms with Crippen molar-refractivity contribution in [1.29, 1.82) is 5.26 Å². The quantitative estimate of drug-likeness (QED) is 0.426. The van der Waals surface area contributed by atoms with Crippen LogP contribution >= 0.6 is 12.2 Å². The van der Waals surface area contributed by atoms with Crippen molar-refractivity contribution in [3.8, 4) is 6.07 Å². The molecule has 7 heteroatoms. The Morgan fingerprint density at radius 1 is 1.07 bits per heavy atom. The molecule has 28 heavy (non-hydrogen) atoms. The van der Waals surface area contributed by atoms with Crippen LogP contribution in [-0.4, -0.2) is 21.5 Å². The number of benzene rings is 2. The van der Waals surface area contributed by atoms with Crippen LogP contribution in [0.5, 0.6) is 0 Å². The number of anilines is 1. The van der Waals surface area contributed by atoms with Crippen LogP contribution in [0.2, 0.25) is 0 Å². The summed E-state index contributed by atoms with van der Waals surface area (Å²) in [7, 11) is 0. The normalized spacial score (nSPS) is 15.8. The molecule has 1 saturated heterocycles. The van der Waals surface area contributed by atoms with Crippen LogP contribution in [0.15, 0.2) is 66.4 Å². The molecule has 0 aliphatic carbocycles. The summed E-state index contributed by atoms with van der Waals surface area (Å²) in [6, 6.07) is 18.6. The van der Waals surface area contributed by atoms with Crippen molar-refractivity contribution < 1.29 is 9.59 Å². The van der Waals surface area contributed by atoms with E-state index in [1.54, 1.807) is 41.1 Å². The average Bonchev–Trinajstić information content (AvgIpc) is 3.04. The van der Waals surface area contributed by atoms with Crippen molar-refractivity contribution in [3.05, 3.63) is 71.9 Å². The number of carbonyl (C=O) groups excluding carboxylic acids is 2. The Morgan fingerprint density at radius 2 is 1.79 bits per heavy atom. The van der Waals surface area contributed by atoms with E-state index in [1.165, 1.54) is 4.90 Å². The van der Waals surface area contributed by atoms with Crippen LogP contribution in [0.25, 0.3) is 17.0 Å². The molecule has 0 saturated carbocycles. The second-order valence-electron chi connectivity index (χ2n) is 6.18. The zero-order chi connectivity index (χ0) is 19.7. The van der Waals surface area contributed by atoms with E-state index in [1.807, 2.05) is 30.3 Å². The Kier molecular flexibility index (Phi) is 4.47. The summed E-state index contributed by atoms with van der Waals surface area (Å²) in [5.41, 5.74) is 2.10. The molecule has 3 aromatic rings. The molecule has 0 spiro atoms. The molecule has 1 N–H and O–H groups in total. The first kappa shape index (κ1) is 17.6. The predicted molar refractivity (Wildman–Crippen MR) is 110 cm³/mol. The van der Waals surface area contributed by atoms with Gasteiger partial charge in [-0.05, 0) is 36.5 Å². The molecule has 1 fully saturated rings. The molecule has 2 heterocycles. The number of para-hydroxylation sites is 2. The Morgan fingerprint density at radius 3 is 2.54 bits per heavy atom. The van der Waals surface area contributed by atoms with Gasteiger partial charge in [-0.15, -0.1) is 0 Å². The third kappa shape index (κ3) is 2.96. The number of rotatable bonds is 3. The molecule has 0 unspecified atom stereocenters. The molecular formula is C21H14N4O2S. The van der Waals surface area contributed by atoms with Gasteiger partial charge < -0.3 is 4.57 Å². The highest BCUT2D eigenvalue weighted by molar-refractivity contribution is 7.80. The maximum absolute atomic E-state index is 13.1. The van der Waals surface area contributed by atoms with Crippen molar-refractivity contribution in [2.75, 3.05) is 4.90 Å². The Bertz CT molecular complexity index is 1190. The van der Waals surface area contributed by atoms with Gasteiger partial charge in [-0.25, -0.2) is 0 Å². The monoisotopic (exact) mass is 386 g/mol. The van der Waals surface area contributed by atoms with Gasteiger partial charge in [0.25, 0.3) is 11.8 Å². The summed E-state index contributed by atoms with van der Waals surface area (Å²) in [4.78, 5) is 26.9. The van der Waals surface area contributed by atoms with Crippen LogP contribution in [0, 0.1) is 11.3 Å². The molecule has 136 valence electrons. The molecule has 0 bridgehead atoms. The number of fused-ring (bicyclic) bond motifs is 1. The van der Waals surface area contributed by atoms with Crippen LogP contribution in [-0.2, 0) is 16.1 Å². The third-order valence-electron chi connectivity index (χ3n) is 4.48. The number of nitriles is 1. The second-order valence-corrected chi connectivity index (χ2v) is 6.57. The fourth-order valence-electron chi connectivity index (χ4n) is 3.22. The fraction of sp³-hybridized carbons (Fsp3) is 0.0476. The number of hydrogen-bond acceptors (Lipinski definition) is 4. The smallest absolute Gasteiger partial charge is 0.270 e. The lowest BCUT2D eigenvalue weighted by atomic mass is 10.1. The molecule has 1 aromatic heterocycles. The summed E-state index contributed by atoms with van der Waals surface area (Å²) in [5, 5.41) is 12.5. The van der Waals surface area contributed by atoms with E-state index in [4.69, 9.17) is 17.5 Å². The number of hydrogen-bond donors (Lipinski definition) is 1. The molecule has 0 atom stereocenters. The summed E-state index contributed by atoms with van der Waals surface area (Å²) in [6.45, 7) is 0.171. The number of amides is 2. The summed E-state index contributed by atoms with van der Waals surface area (Å²) in [6.07, 6.45) is 3.31. The van der Waals surface area contributed by atoms with Gasteiger partial charge in [0.05, 0.1) is 11.8 Å². The maximum Gasteiger partial charge on any atom is 0.270 e. The topological polar surface area (TPSA) is 78.1 Å². The lowest BCUT2D eigenvalue weighted by Crippen LogP contribution is -2.54. The molecule has 1 aliphatic rings. The zero-order valence-corrected chi connectivity index (χ0v) is 15.4. The van der Waals surface area contributed by atoms with Crippen molar-refractivity contribution in [3.63, 3.8) is 0 Å². The summed E-state index contributed by atoms with van der Waals surface area (Å²) >= 11 is 5.20. The van der Waals surface area contributed by atoms with E-state index in [-0.39, 0.29) is 17.2 Å². The molecule has 1 aliphatic heterocycles. The minimum Gasteiger partial charge on any atom is -0.333 e. The summed E-state index contributed by atoms with van der Waals surface area (Å²) < 4.78 is 1.78. The van der Waals surface area contributed by atoms with Gasteiger partial charge in [0.2, 0.25) is 0 Å². The Labute approximate surface area is 166 Å². The highest BCUT2D eigenvalue weighted by Gasteiger charge is 2.34. The minimum absolute atomic E-state index is 0.0164. The van der Waals surface area contributed by atoms with Gasteiger partial charge in [-0.1, -0.05) is 36.4 Å². The van der Waals surface area contributed by atoms with Crippen LogP contribution in [0.4, 0.5) is 5.69 Å². The van der Waals surface area contributed by atoms with E-state index in [2.05, 4.69) is 11.4 Å². The van der Waals surface area contributed by atoms with Gasteiger partial charge in [0.15, 0.2) is 5.11 Å². The first-order valence-corrected chi connectivity index (χ1v) is 8.92. The standard InChI is InChI=1S/C21H14N4O2S/c22-10-11-24-13-14(16-8-4-5-9-18(16)24)12-17-19(26)23-21(28)25(20(17)27)15-6-2-1-3-7-15/h1-9,12-13H,11H2,(H,23,26,28)/b17-12+. The van der Waals surface area contributed by atoms with Gasteiger partial charge in [-0.3, -0.25) is 19.8 Å². The number of carbonyl (C=O) groups is 2. The van der Waals surface area contributed by atoms with Gasteiger partial charge in [0, 0.05) is 22.7 Å². The summed E-state index contributed by atoms with van der Waals surface area (Å²) in [5.74, 6) is -1.03. The van der Waals surface area contributed by atoms with E-state index in [9.17, 15) is 9.59 Å². The largest absolute Gasteiger partial charge is 0.333 e. The van der Waals surface area contributed by atoms with Crippen molar-refractivity contribution >= 4 is 51.8 Å². The first-order valence-electron chi connectivity index (χ1n) is 8.51. The molecule has 4 rings (SSSR count). The number of nitrogens with one attached hydrogen (secondary N) is 1. The Hall–Kier alpha value is -3.76. The van der Waals surface area contributed by atoms with E-state index >= 15 is 0 Å². The van der Waals surface area contributed by atoms with Crippen molar-refractivity contribution in [1.82, 2.24) is 9.88 Å². The molecular weight excluding hydrogens is 372 g/mol. The number of nitrogens with zero attached hydrogens (tertiary/aromatic N) is 3. The molecule has 0 radical (unpaired) electrons. The third-order valence-corrected chi connectivity index (χ3v) is 4.76. The lowest BCUT2D eigenvalue weighted by Gasteiger charge is -2.28. The minimum atomic E-state index is -0.542. The predicted octanol–water partition coefficient (Wildman–Crippen LogP) is 3.00. The van der Waals surface area contributed by atoms with Crippen molar-refractivity contribution in [2.24, 2.45) is 0 Å². The van der Waals surface area contributed by atoms with Crippen molar-refractivity contribution in [2.45, 2.75) is 6.54 Å². The highest BCUT2D eigenvalue weighted by Crippen LogP contribution is 2.26. The van der Waals surface area contributed by atoms with Gasteiger partial charge >= 0.3 is 0 Å². The van der Waals surface area contributed by atoms with Gasteiger partial charge in [-0.2, -0.15) is 5.26 Å². The maximum atomic E-state index is 13.1. The molecule has 6 nitrogen and oxygen atoms in total. The molecule has 2 amide bonds. The lowest BCUT2D eigenvalue weighted by molar-refractivity contribution is -0.122.